The van der Waals surface area contributed by atoms with Gasteiger partial charge in [-0.15, -0.1) is 0 Å². The first kappa shape index (κ1) is 15.7. The zero-order valence-corrected chi connectivity index (χ0v) is 9.93. The number of ether oxygens (including phenoxy) is 2. The summed E-state index contributed by atoms with van der Waals surface area (Å²) in [4.78, 5) is 0. The van der Waals surface area contributed by atoms with Gasteiger partial charge in [0.15, 0.2) is 6.29 Å². The van der Waals surface area contributed by atoms with E-state index in [4.69, 9.17) is 9.47 Å². The maximum atomic E-state index is 11.9. The fourth-order valence-electron chi connectivity index (χ4n) is 1.27. The molecule has 6 heteroatoms. The second kappa shape index (κ2) is 7.86. The highest BCUT2D eigenvalue weighted by Gasteiger charge is 2.26. The second-order valence-electron chi connectivity index (χ2n) is 3.72. The van der Waals surface area contributed by atoms with Gasteiger partial charge in [-0.3, -0.25) is 0 Å². The summed E-state index contributed by atoms with van der Waals surface area (Å²) in [5.74, 6) is 0. The van der Waals surface area contributed by atoms with Gasteiger partial charge in [-0.25, -0.2) is 0 Å². The third kappa shape index (κ3) is 8.94. The van der Waals surface area contributed by atoms with E-state index in [2.05, 4.69) is 5.32 Å². The van der Waals surface area contributed by atoms with E-state index in [0.717, 1.165) is 0 Å². The van der Waals surface area contributed by atoms with Gasteiger partial charge in [0.2, 0.25) is 0 Å². The summed E-state index contributed by atoms with van der Waals surface area (Å²) in [6.45, 7) is 2.32. The Morgan fingerprint density at radius 2 is 1.75 bits per heavy atom. The third-order valence-electron chi connectivity index (χ3n) is 2.26. The van der Waals surface area contributed by atoms with Crippen LogP contribution < -0.4 is 5.32 Å². The molecule has 0 rings (SSSR count). The molecule has 0 aromatic carbocycles. The van der Waals surface area contributed by atoms with Gasteiger partial charge in [0.25, 0.3) is 0 Å². The third-order valence-corrected chi connectivity index (χ3v) is 2.26. The topological polar surface area (TPSA) is 30.5 Å². The molecule has 1 N–H and O–H groups in total. The van der Waals surface area contributed by atoms with Crippen LogP contribution >= 0.6 is 0 Å². The molecule has 3 nitrogen and oxygen atoms in total. The highest BCUT2D eigenvalue weighted by Crippen LogP contribution is 2.22. The highest BCUT2D eigenvalue weighted by molar-refractivity contribution is 4.63. The molecule has 0 spiro atoms. The Kier molecular flexibility index (Phi) is 7.70. The normalized spacial score (nSPS) is 14.4. The molecule has 1 atom stereocenters. The molecule has 0 bridgehead atoms. The lowest BCUT2D eigenvalue weighted by Gasteiger charge is -2.18. The van der Waals surface area contributed by atoms with E-state index in [9.17, 15) is 13.2 Å². The van der Waals surface area contributed by atoms with Gasteiger partial charge in [0.1, 0.15) is 0 Å². The Balaban J connectivity index is 3.55. The van der Waals surface area contributed by atoms with Crippen molar-refractivity contribution in [2.45, 2.75) is 44.7 Å². The van der Waals surface area contributed by atoms with E-state index in [1.807, 2.05) is 6.92 Å². The molecule has 0 radical (unpaired) electrons. The standard InChI is InChI=1S/C10H20F3NO2/c1-8(5-4-6-10(11,12)13)14-7-9(15-2)16-3/h8-9,14H,4-7H2,1-3H3. The van der Waals surface area contributed by atoms with Crippen molar-refractivity contribution in [3.05, 3.63) is 0 Å². The van der Waals surface area contributed by atoms with E-state index in [1.54, 1.807) is 0 Å². The first-order valence-corrected chi connectivity index (χ1v) is 5.24. The van der Waals surface area contributed by atoms with Gasteiger partial charge in [-0.2, -0.15) is 13.2 Å². The van der Waals surface area contributed by atoms with Crippen LogP contribution in [0, 0.1) is 0 Å². The number of methoxy groups -OCH3 is 2. The van der Waals surface area contributed by atoms with Crippen molar-refractivity contribution in [1.29, 1.82) is 0 Å². The van der Waals surface area contributed by atoms with Gasteiger partial charge < -0.3 is 14.8 Å². The van der Waals surface area contributed by atoms with Gasteiger partial charge in [0, 0.05) is 33.2 Å². The summed E-state index contributed by atoms with van der Waals surface area (Å²) in [6.07, 6.45) is -4.51. The fraction of sp³-hybridized carbons (Fsp3) is 1.00. The number of alkyl halides is 3. The van der Waals surface area contributed by atoms with E-state index < -0.39 is 12.6 Å². The quantitative estimate of drug-likeness (QED) is 0.664. The van der Waals surface area contributed by atoms with Crippen LogP contribution in [-0.2, 0) is 9.47 Å². The maximum Gasteiger partial charge on any atom is 0.389 e. The summed E-state index contributed by atoms with van der Waals surface area (Å²) in [7, 11) is 3.04. The van der Waals surface area contributed by atoms with Crippen molar-refractivity contribution in [2.75, 3.05) is 20.8 Å². The van der Waals surface area contributed by atoms with Crippen LogP contribution in [0.25, 0.3) is 0 Å². The molecule has 0 heterocycles. The Labute approximate surface area is 94.3 Å². The smallest absolute Gasteiger partial charge is 0.355 e. The maximum absolute atomic E-state index is 11.9. The molecule has 0 aliphatic rings. The number of hydrogen-bond donors (Lipinski definition) is 1. The molecule has 0 aromatic heterocycles. The average Bonchev–Trinajstić information content (AvgIpc) is 2.17. The van der Waals surface area contributed by atoms with Crippen molar-refractivity contribution in [3.63, 3.8) is 0 Å². The van der Waals surface area contributed by atoms with Crippen molar-refractivity contribution < 1.29 is 22.6 Å². The van der Waals surface area contributed by atoms with Crippen LogP contribution in [0.2, 0.25) is 0 Å². The number of nitrogens with one attached hydrogen (secondary N) is 1. The monoisotopic (exact) mass is 243 g/mol. The molecule has 98 valence electrons. The molecule has 0 aliphatic carbocycles. The van der Waals surface area contributed by atoms with Crippen molar-refractivity contribution >= 4 is 0 Å². The molecule has 0 saturated carbocycles. The Morgan fingerprint density at radius 1 is 1.19 bits per heavy atom. The van der Waals surface area contributed by atoms with Gasteiger partial charge in [0.05, 0.1) is 0 Å². The first-order chi connectivity index (χ1) is 7.39. The SMILES string of the molecule is COC(CNC(C)CCCC(F)(F)F)OC. The summed E-state index contributed by atoms with van der Waals surface area (Å²) in [5, 5.41) is 3.05. The van der Waals surface area contributed by atoms with Crippen LogP contribution in [0.1, 0.15) is 26.2 Å². The summed E-state index contributed by atoms with van der Waals surface area (Å²) >= 11 is 0. The lowest BCUT2D eigenvalue weighted by atomic mass is 10.1. The van der Waals surface area contributed by atoms with Crippen LogP contribution in [0.4, 0.5) is 13.2 Å². The van der Waals surface area contributed by atoms with E-state index in [0.29, 0.717) is 13.0 Å². The fourth-order valence-corrected chi connectivity index (χ4v) is 1.27. The first-order valence-electron chi connectivity index (χ1n) is 5.24. The zero-order chi connectivity index (χ0) is 12.6. The van der Waals surface area contributed by atoms with Crippen molar-refractivity contribution in [1.82, 2.24) is 5.32 Å². The predicted molar refractivity (Wildman–Crippen MR) is 55.2 cm³/mol. The van der Waals surface area contributed by atoms with Crippen LogP contribution in [-0.4, -0.2) is 39.3 Å². The molecule has 1 unspecified atom stereocenters. The molecular formula is C10H20F3NO2. The summed E-state index contributed by atoms with van der Waals surface area (Å²) in [5.41, 5.74) is 0. The van der Waals surface area contributed by atoms with E-state index in [1.165, 1.54) is 14.2 Å². The minimum atomic E-state index is -4.05. The lowest BCUT2D eigenvalue weighted by molar-refractivity contribution is -0.136. The molecule has 16 heavy (non-hydrogen) atoms. The second-order valence-corrected chi connectivity index (χ2v) is 3.72. The number of halogens is 3. The highest BCUT2D eigenvalue weighted by atomic mass is 19.4. The summed E-state index contributed by atoms with van der Waals surface area (Å²) in [6, 6.07) is 0.0233. The average molecular weight is 243 g/mol. The molecule has 0 aliphatic heterocycles. The van der Waals surface area contributed by atoms with Gasteiger partial charge in [-0.05, 0) is 19.8 Å². The minimum absolute atomic E-state index is 0.0233. The molecular weight excluding hydrogens is 223 g/mol. The largest absolute Gasteiger partial charge is 0.389 e. The van der Waals surface area contributed by atoms with Crippen LogP contribution in [0.3, 0.4) is 0 Å². The molecule has 0 fully saturated rings. The lowest BCUT2D eigenvalue weighted by Crippen LogP contribution is -2.35. The van der Waals surface area contributed by atoms with Gasteiger partial charge >= 0.3 is 6.18 Å². The Morgan fingerprint density at radius 3 is 2.19 bits per heavy atom. The Hall–Kier alpha value is -0.330. The predicted octanol–water partition coefficient (Wildman–Crippen LogP) is 2.32. The van der Waals surface area contributed by atoms with Crippen LogP contribution in [0.15, 0.2) is 0 Å². The van der Waals surface area contributed by atoms with Gasteiger partial charge in [-0.1, -0.05) is 0 Å². The van der Waals surface area contributed by atoms with E-state index in [-0.39, 0.29) is 18.8 Å². The Bertz CT molecular complexity index is 172. The molecule has 0 amide bonds. The van der Waals surface area contributed by atoms with Crippen molar-refractivity contribution in [2.24, 2.45) is 0 Å². The molecule has 0 aromatic rings. The van der Waals surface area contributed by atoms with E-state index >= 15 is 0 Å². The van der Waals surface area contributed by atoms with Crippen molar-refractivity contribution in [3.8, 4) is 0 Å². The zero-order valence-electron chi connectivity index (χ0n) is 9.93. The molecule has 0 saturated heterocycles. The number of rotatable bonds is 8. The number of hydrogen-bond acceptors (Lipinski definition) is 3. The van der Waals surface area contributed by atoms with Crippen LogP contribution in [0.5, 0.6) is 0 Å². The minimum Gasteiger partial charge on any atom is -0.355 e. The summed E-state index contributed by atoms with van der Waals surface area (Å²) < 4.78 is 45.5.